The van der Waals surface area contributed by atoms with Gasteiger partial charge in [-0.15, -0.1) is 5.10 Å². The topological polar surface area (TPSA) is 107 Å². The van der Waals surface area contributed by atoms with Gasteiger partial charge in [-0.1, -0.05) is 6.07 Å². The molecule has 25 heavy (non-hydrogen) atoms. The Kier molecular flexibility index (Phi) is 3.64. The van der Waals surface area contributed by atoms with Gasteiger partial charge in [0.05, 0.1) is 17.2 Å². The minimum Gasteiger partial charge on any atom is -0.326 e. The van der Waals surface area contributed by atoms with Crippen molar-refractivity contribution in [1.29, 1.82) is 0 Å². The van der Waals surface area contributed by atoms with Crippen LogP contribution in [0.4, 0.5) is 5.69 Å². The summed E-state index contributed by atoms with van der Waals surface area (Å²) in [5, 5.41) is 14.3. The Labute approximate surface area is 145 Å². The van der Waals surface area contributed by atoms with Crippen LogP contribution in [0.5, 0.6) is 0 Å². The molecule has 2 heterocycles. The van der Waals surface area contributed by atoms with Crippen molar-refractivity contribution in [2.75, 3.05) is 16.8 Å². The first-order valence-corrected chi connectivity index (χ1v) is 10.1. The van der Waals surface area contributed by atoms with Gasteiger partial charge in [-0.05, 0) is 60.2 Å². The summed E-state index contributed by atoms with van der Waals surface area (Å²) < 4.78 is 24.8. The molecule has 1 saturated heterocycles. The Balaban J connectivity index is 1.45. The summed E-state index contributed by atoms with van der Waals surface area (Å²) in [4.78, 5) is 12.6. The number of aromatic nitrogens is 4. The van der Waals surface area contributed by atoms with Gasteiger partial charge < -0.3 is 5.32 Å². The first-order valence-electron chi connectivity index (χ1n) is 8.25. The lowest BCUT2D eigenvalue weighted by Gasteiger charge is -2.22. The largest absolute Gasteiger partial charge is 0.326 e. The highest BCUT2D eigenvalue weighted by molar-refractivity contribution is 7.91. The lowest BCUT2D eigenvalue weighted by Crippen LogP contribution is -2.28. The predicted molar refractivity (Wildman–Crippen MR) is 90.9 cm³/mol. The number of carbonyl (C=O) groups excluding carboxylic acids is 1. The van der Waals surface area contributed by atoms with Crippen molar-refractivity contribution in [1.82, 2.24) is 20.2 Å². The molecule has 1 amide bonds. The fourth-order valence-electron chi connectivity index (χ4n) is 3.63. The second kappa shape index (κ2) is 5.62. The van der Waals surface area contributed by atoms with Crippen molar-refractivity contribution in [3.8, 4) is 5.69 Å². The van der Waals surface area contributed by atoms with Gasteiger partial charge in [0, 0.05) is 11.6 Å². The zero-order valence-electron chi connectivity index (χ0n) is 13.8. The lowest BCUT2D eigenvalue weighted by molar-refractivity contribution is -0.118. The van der Waals surface area contributed by atoms with E-state index in [0.29, 0.717) is 24.4 Å². The average molecular weight is 361 g/mol. The van der Waals surface area contributed by atoms with Crippen molar-refractivity contribution < 1.29 is 13.2 Å². The normalized spacial score (nSPS) is 23.3. The van der Waals surface area contributed by atoms with Gasteiger partial charge in [0.1, 0.15) is 9.84 Å². The van der Waals surface area contributed by atoms with E-state index >= 15 is 0 Å². The van der Waals surface area contributed by atoms with E-state index in [1.54, 1.807) is 11.6 Å². The Morgan fingerprint density at radius 2 is 2.08 bits per heavy atom. The summed E-state index contributed by atoms with van der Waals surface area (Å²) in [5.41, 5.74) is 1.34. The maximum atomic E-state index is 12.6. The molecule has 0 unspecified atom stereocenters. The lowest BCUT2D eigenvalue weighted by atomic mass is 9.96. The number of aryl methyl sites for hydroxylation is 1. The van der Waals surface area contributed by atoms with Crippen LogP contribution in [0.2, 0.25) is 0 Å². The van der Waals surface area contributed by atoms with Crippen LogP contribution >= 0.6 is 0 Å². The molecule has 1 atom stereocenters. The summed E-state index contributed by atoms with van der Waals surface area (Å²) in [6.45, 7) is 1.80. The molecular formula is C16H19N5O3S. The van der Waals surface area contributed by atoms with Crippen molar-refractivity contribution >= 4 is 21.4 Å². The highest BCUT2D eigenvalue weighted by Crippen LogP contribution is 2.60. The molecule has 1 N–H and O–H groups in total. The van der Waals surface area contributed by atoms with E-state index < -0.39 is 9.84 Å². The Morgan fingerprint density at radius 3 is 2.76 bits per heavy atom. The van der Waals surface area contributed by atoms with Crippen molar-refractivity contribution in [2.24, 2.45) is 11.3 Å². The third-order valence-corrected chi connectivity index (χ3v) is 6.96. The molecule has 1 aliphatic heterocycles. The molecule has 0 bridgehead atoms. The van der Waals surface area contributed by atoms with E-state index in [4.69, 9.17) is 0 Å². The number of anilines is 1. The van der Waals surface area contributed by atoms with Crippen LogP contribution in [0.3, 0.4) is 0 Å². The number of nitrogens with one attached hydrogen (secondary N) is 1. The second-order valence-corrected chi connectivity index (χ2v) is 9.25. The monoisotopic (exact) mass is 361 g/mol. The van der Waals surface area contributed by atoms with Crippen molar-refractivity contribution in [2.45, 2.75) is 26.2 Å². The Bertz CT molecular complexity index is 923. The van der Waals surface area contributed by atoms with Gasteiger partial charge in [-0.2, -0.15) is 4.68 Å². The van der Waals surface area contributed by atoms with E-state index in [9.17, 15) is 13.2 Å². The molecule has 1 spiro atoms. The quantitative estimate of drug-likeness (QED) is 0.878. The van der Waals surface area contributed by atoms with Gasteiger partial charge in [0.15, 0.2) is 5.82 Å². The molecule has 2 aliphatic rings. The molecule has 4 rings (SSSR count). The molecular weight excluding hydrogens is 342 g/mol. The van der Waals surface area contributed by atoms with Crippen LogP contribution in [0.15, 0.2) is 24.3 Å². The van der Waals surface area contributed by atoms with E-state index in [1.165, 1.54) is 0 Å². The molecule has 1 aliphatic carbocycles. The minimum absolute atomic E-state index is 0.0371. The smallest absolute Gasteiger partial charge is 0.228 e. The minimum atomic E-state index is -2.91. The number of rotatable bonds is 3. The van der Waals surface area contributed by atoms with E-state index in [-0.39, 0.29) is 28.7 Å². The molecule has 1 aromatic heterocycles. The van der Waals surface area contributed by atoms with Crippen molar-refractivity contribution in [3.63, 3.8) is 0 Å². The number of hydrogen-bond donors (Lipinski definition) is 1. The van der Waals surface area contributed by atoms with Crippen LogP contribution in [0.1, 0.15) is 25.1 Å². The summed E-state index contributed by atoms with van der Waals surface area (Å²) >= 11 is 0. The highest BCUT2D eigenvalue weighted by atomic mass is 32.2. The number of carbonyl (C=O) groups is 1. The van der Waals surface area contributed by atoms with Gasteiger partial charge >= 0.3 is 0 Å². The zero-order valence-corrected chi connectivity index (χ0v) is 14.7. The Morgan fingerprint density at radius 1 is 1.32 bits per heavy atom. The molecule has 2 fully saturated rings. The SMILES string of the molecule is Cc1nnnn1-c1cccc(NC(=O)[C@H]2CC23CCS(=O)(=O)CC3)c1. The summed E-state index contributed by atoms with van der Waals surface area (Å²) in [5.74, 6) is 0.926. The maximum absolute atomic E-state index is 12.6. The predicted octanol–water partition coefficient (Wildman–Crippen LogP) is 1.12. The van der Waals surface area contributed by atoms with Gasteiger partial charge in [0.2, 0.25) is 5.91 Å². The number of hydrogen-bond acceptors (Lipinski definition) is 6. The van der Waals surface area contributed by atoms with Crippen LogP contribution in [-0.4, -0.2) is 46.0 Å². The fraction of sp³-hybridized carbons (Fsp3) is 0.500. The molecule has 2 aromatic rings. The van der Waals surface area contributed by atoms with Crippen molar-refractivity contribution in [3.05, 3.63) is 30.1 Å². The first kappa shape index (κ1) is 16.2. The highest BCUT2D eigenvalue weighted by Gasteiger charge is 2.59. The second-order valence-electron chi connectivity index (χ2n) is 6.95. The number of benzene rings is 1. The van der Waals surface area contributed by atoms with E-state index in [1.807, 2.05) is 24.3 Å². The molecule has 9 heteroatoms. The zero-order chi connectivity index (χ0) is 17.7. The number of amides is 1. The molecule has 1 saturated carbocycles. The van der Waals surface area contributed by atoms with Crippen LogP contribution < -0.4 is 5.32 Å². The number of sulfone groups is 1. The standard InChI is InChI=1S/C16H19N5O3S/c1-11-18-19-20-21(11)13-4-2-3-12(9-13)17-15(22)14-10-16(14)5-7-25(23,24)8-6-16/h2-4,9,14H,5-8,10H2,1H3,(H,17,22)/t14-/m1/s1. The van der Waals surface area contributed by atoms with Gasteiger partial charge in [-0.3, -0.25) is 4.79 Å². The van der Waals surface area contributed by atoms with Gasteiger partial charge in [-0.25, -0.2) is 8.42 Å². The Hall–Kier alpha value is -2.29. The van der Waals surface area contributed by atoms with Crippen LogP contribution in [0.25, 0.3) is 5.69 Å². The molecule has 8 nitrogen and oxygen atoms in total. The van der Waals surface area contributed by atoms with E-state index in [2.05, 4.69) is 20.8 Å². The third-order valence-electron chi connectivity index (χ3n) is 5.31. The summed E-state index contributed by atoms with van der Waals surface area (Å²) in [6.07, 6.45) is 1.97. The summed E-state index contributed by atoms with van der Waals surface area (Å²) in [7, 11) is -2.91. The fourth-order valence-corrected chi connectivity index (χ4v) is 5.27. The number of tetrazole rings is 1. The van der Waals surface area contributed by atoms with E-state index in [0.717, 1.165) is 12.1 Å². The average Bonchev–Trinajstić information content (AvgIpc) is 3.13. The van der Waals surface area contributed by atoms with Crippen LogP contribution in [0, 0.1) is 18.3 Å². The number of nitrogens with zero attached hydrogens (tertiary/aromatic N) is 4. The first-order chi connectivity index (χ1) is 11.9. The van der Waals surface area contributed by atoms with Crippen LogP contribution in [-0.2, 0) is 14.6 Å². The maximum Gasteiger partial charge on any atom is 0.228 e. The molecule has 132 valence electrons. The summed E-state index contributed by atoms with van der Waals surface area (Å²) in [6, 6.07) is 7.34. The molecule has 1 aromatic carbocycles. The third kappa shape index (κ3) is 3.04. The molecule has 0 radical (unpaired) electrons. The van der Waals surface area contributed by atoms with Gasteiger partial charge in [0.25, 0.3) is 0 Å².